The molecule has 6 nitrogen and oxygen atoms in total. The van der Waals surface area contributed by atoms with E-state index in [1.807, 2.05) is 52.0 Å². The summed E-state index contributed by atoms with van der Waals surface area (Å²) in [7, 11) is 4.32. The lowest BCUT2D eigenvalue weighted by Crippen LogP contribution is -2.42. The fourth-order valence-electron chi connectivity index (χ4n) is 5.36. The third kappa shape index (κ3) is 6.11. The van der Waals surface area contributed by atoms with Gasteiger partial charge in [0.25, 0.3) is 0 Å². The number of fused-ring (bicyclic) bond motifs is 1. The monoisotopic (exact) mass is 596 g/mol. The Morgan fingerprint density at radius 1 is 1.12 bits per heavy atom. The van der Waals surface area contributed by atoms with Crippen molar-refractivity contribution in [2.24, 2.45) is 0 Å². The largest absolute Gasteiger partial charge is 0.360 e. The maximum absolute atomic E-state index is 13.0. The summed E-state index contributed by atoms with van der Waals surface area (Å²) in [6, 6.07) is 10.5. The second kappa shape index (κ2) is 11.5. The molecule has 0 radical (unpaired) electrons. The third-order valence-electron chi connectivity index (χ3n) is 7.36. The first kappa shape index (κ1) is 29.1. The second-order valence-corrected chi connectivity index (χ2v) is 14.1. The highest BCUT2D eigenvalue weighted by atomic mass is 35.5. The van der Waals surface area contributed by atoms with Crippen molar-refractivity contribution in [3.8, 4) is 21.1 Å². The number of hydrogen-bond acceptors (Lipinski definition) is 8. The number of carbonyl (C=O) groups excluding carboxylic acids is 1. The maximum atomic E-state index is 13.0. The van der Waals surface area contributed by atoms with Gasteiger partial charge in [-0.2, -0.15) is 0 Å². The van der Waals surface area contributed by atoms with Gasteiger partial charge in [-0.15, -0.1) is 22.7 Å². The normalized spacial score (nSPS) is 15.8. The Bertz CT molecular complexity index is 1510. The van der Waals surface area contributed by atoms with Gasteiger partial charge < -0.3 is 14.5 Å². The van der Waals surface area contributed by atoms with Gasteiger partial charge in [-0.25, -0.2) is 9.97 Å². The number of Topliss-reactive ketones (excluding diaryl/α,β-unsaturated/α-hetero) is 1. The van der Waals surface area contributed by atoms with Gasteiger partial charge in [0.05, 0.1) is 15.8 Å². The zero-order valence-electron chi connectivity index (χ0n) is 24.2. The van der Waals surface area contributed by atoms with Crippen LogP contribution in [0.1, 0.15) is 57.8 Å². The van der Waals surface area contributed by atoms with Crippen LogP contribution in [0.15, 0.2) is 35.7 Å². The van der Waals surface area contributed by atoms with E-state index in [4.69, 9.17) is 26.3 Å². The van der Waals surface area contributed by atoms with Crippen LogP contribution >= 0.6 is 34.3 Å². The van der Waals surface area contributed by atoms with Crippen LogP contribution in [0.3, 0.4) is 0 Å². The molecule has 2 aromatic carbocycles. The minimum atomic E-state index is -0.697. The molecule has 212 valence electrons. The molecule has 9 heteroatoms. The van der Waals surface area contributed by atoms with Crippen molar-refractivity contribution < 1.29 is 9.53 Å². The smallest absolute Gasteiger partial charge is 0.163 e. The highest BCUT2D eigenvalue weighted by Crippen LogP contribution is 2.45. The predicted octanol–water partition coefficient (Wildman–Crippen LogP) is 8.02. The van der Waals surface area contributed by atoms with E-state index in [-0.39, 0.29) is 5.78 Å². The first-order valence-electron chi connectivity index (χ1n) is 13.7. The number of anilines is 1. The summed E-state index contributed by atoms with van der Waals surface area (Å²) in [6.45, 7) is 11.6. The first-order chi connectivity index (χ1) is 18.9. The van der Waals surface area contributed by atoms with Gasteiger partial charge in [-0.1, -0.05) is 23.7 Å². The van der Waals surface area contributed by atoms with Crippen LogP contribution < -0.4 is 4.90 Å². The molecule has 0 spiro atoms. The number of carbonyl (C=O) groups is 1. The molecule has 0 aliphatic carbocycles. The number of benzene rings is 2. The van der Waals surface area contributed by atoms with Crippen molar-refractivity contribution in [1.82, 2.24) is 14.9 Å². The van der Waals surface area contributed by atoms with Gasteiger partial charge in [0.1, 0.15) is 11.9 Å². The van der Waals surface area contributed by atoms with Gasteiger partial charge in [-0.05, 0) is 90.9 Å². The zero-order valence-corrected chi connectivity index (χ0v) is 26.6. The summed E-state index contributed by atoms with van der Waals surface area (Å²) >= 11 is 9.52. The van der Waals surface area contributed by atoms with E-state index < -0.39 is 11.7 Å². The molecular formula is C31H37ClN4O2S2. The number of aromatic nitrogens is 2. The topological polar surface area (TPSA) is 58.6 Å². The molecule has 0 N–H and O–H groups in total. The average Bonchev–Trinajstić information content (AvgIpc) is 3.54. The van der Waals surface area contributed by atoms with E-state index >= 15 is 0 Å². The van der Waals surface area contributed by atoms with E-state index in [0.717, 1.165) is 74.2 Å². The number of ketones is 1. The summed E-state index contributed by atoms with van der Waals surface area (Å²) < 4.78 is 7.39. The Morgan fingerprint density at radius 2 is 1.80 bits per heavy atom. The van der Waals surface area contributed by atoms with Crippen molar-refractivity contribution in [1.29, 1.82) is 0 Å². The number of piperidine rings is 1. The van der Waals surface area contributed by atoms with E-state index in [2.05, 4.69) is 35.3 Å². The molecule has 2 aromatic heterocycles. The van der Waals surface area contributed by atoms with Crippen molar-refractivity contribution in [2.45, 2.75) is 65.2 Å². The fourth-order valence-corrected chi connectivity index (χ4v) is 7.48. The number of rotatable bonds is 7. The summed E-state index contributed by atoms with van der Waals surface area (Å²) in [5.41, 5.74) is 4.22. The molecule has 1 aliphatic rings. The second-order valence-electron chi connectivity index (χ2n) is 11.8. The highest BCUT2D eigenvalue weighted by molar-refractivity contribution is 7.25. The molecule has 1 aliphatic heterocycles. The molecule has 0 amide bonds. The molecule has 0 unspecified atom stereocenters. The SMILES string of the molecule is CC(=O)[C@@H](OC(C)(C)C)c1c(C)cc2nc(-c3nc(N4CCC(N(C)C)CC4)cs3)sc2c1-c1ccc(Cl)cc1. The Labute approximate surface area is 250 Å². The van der Waals surface area contributed by atoms with Crippen LogP contribution in [0.25, 0.3) is 31.4 Å². The number of aryl methyl sites for hydroxylation is 1. The van der Waals surface area contributed by atoms with Crippen LogP contribution in [0.2, 0.25) is 5.02 Å². The lowest BCUT2D eigenvalue weighted by molar-refractivity contribution is -0.138. The van der Waals surface area contributed by atoms with Gasteiger partial charge in [0.2, 0.25) is 0 Å². The fraction of sp³-hybridized carbons (Fsp3) is 0.452. The van der Waals surface area contributed by atoms with Gasteiger partial charge in [0, 0.05) is 40.7 Å². The number of hydrogen-bond donors (Lipinski definition) is 0. The van der Waals surface area contributed by atoms with Crippen molar-refractivity contribution in [3.63, 3.8) is 0 Å². The Kier molecular flexibility index (Phi) is 8.37. The lowest BCUT2D eigenvalue weighted by Gasteiger charge is -2.35. The van der Waals surface area contributed by atoms with Gasteiger partial charge in [-0.3, -0.25) is 4.79 Å². The summed E-state index contributed by atoms with van der Waals surface area (Å²) in [6.07, 6.45) is 1.58. The standard InChI is InChI=1S/C31H37ClN4O2S2/c1-18-16-23-28(26(20-8-10-21(32)11-9-20)25(18)27(19(2)37)38-31(3,4)5)40-30(33-23)29-34-24(17-39-29)36-14-12-22(13-15-36)35(6)7/h8-11,16-17,22,27H,12-15H2,1-7H3/t27-/m1/s1. The molecule has 1 atom stereocenters. The Morgan fingerprint density at radius 3 is 2.40 bits per heavy atom. The summed E-state index contributed by atoms with van der Waals surface area (Å²) in [5, 5.41) is 4.62. The molecule has 0 saturated carbocycles. The van der Waals surface area contributed by atoms with Gasteiger partial charge >= 0.3 is 0 Å². The zero-order chi connectivity index (χ0) is 28.8. The Balaban J connectivity index is 1.59. The van der Waals surface area contributed by atoms with Gasteiger partial charge in [0.15, 0.2) is 15.8 Å². The first-order valence-corrected chi connectivity index (χ1v) is 15.7. The molecule has 1 saturated heterocycles. The van der Waals surface area contributed by atoms with E-state index in [1.54, 1.807) is 29.6 Å². The van der Waals surface area contributed by atoms with Crippen LogP contribution in [0.5, 0.6) is 0 Å². The average molecular weight is 597 g/mol. The molecular weight excluding hydrogens is 560 g/mol. The van der Waals surface area contributed by atoms with Crippen LogP contribution in [-0.2, 0) is 9.53 Å². The van der Waals surface area contributed by atoms with E-state index in [9.17, 15) is 4.79 Å². The van der Waals surface area contributed by atoms with Crippen LogP contribution in [0.4, 0.5) is 5.82 Å². The third-order valence-corrected chi connectivity index (χ3v) is 9.67. The van der Waals surface area contributed by atoms with Crippen molar-refractivity contribution in [3.05, 3.63) is 51.9 Å². The summed E-state index contributed by atoms with van der Waals surface area (Å²) in [4.78, 5) is 27.8. The summed E-state index contributed by atoms with van der Waals surface area (Å²) in [5.74, 6) is 1.00. The van der Waals surface area contributed by atoms with E-state index in [1.165, 1.54) is 0 Å². The molecule has 3 heterocycles. The minimum absolute atomic E-state index is 0.0278. The molecule has 5 rings (SSSR count). The molecule has 4 aromatic rings. The van der Waals surface area contributed by atoms with Crippen molar-refractivity contribution >= 4 is 56.1 Å². The maximum Gasteiger partial charge on any atom is 0.163 e. The predicted molar refractivity (Wildman–Crippen MR) is 169 cm³/mol. The molecule has 0 bridgehead atoms. The Hall–Kier alpha value is -2.36. The molecule has 40 heavy (non-hydrogen) atoms. The number of ether oxygens (including phenoxy) is 1. The van der Waals surface area contributed by atoms with Crippen LogP contribution in [-0.4, -0.2) is 59.5 Å². The van der Waals surface area contributed by atoms with Crippen molar-refractivity contribution in [2.75, 3.05) is 32.1 Å². The minimum Gasteiger partial charge on any atom is -0.360 e. The van der Waals surface area contributed by atoms with E-state index in [0.29, 0.717) is 11.1 Å². The number of nitrogens with zero attached hydrogens (tertiary/aromatic N) is 4. The number of halogens is 1. The molecule has 1 fully saturated rings. The lowest BCUT2D eigenvalue weighted by atomic mass is 9.90. The number of thiazole rings is 2. The highest BCUT2D eigenvalue weighted by Gasteiger charge is 2.31. The quantitative estimate of drug-likeness (QED) is 0.215. The van der Waals surface area contributed by atoms with Crippen LogP contribution in [0, 0.1) is 6.92 Å².